The predicted molar refractivity (Wildman–Crippen MR) is 53.2 cm³/mol. The van der Waals surface area contributed by atoms with Gasteiger partial charge in [-0.05, 0) is 12.5 Å². The third kappa shape index (κ3) is 4.30. The fraction of sp³-hybridized carbons (Fsp3) is 0.400. The highest BCUT2D eigenvalue weighted by Gasteiger charge is 2.00. The van der Waals surface area contributed by atoms with Gasteiger partial charge in [0, 0.05) is 6.07 Å². The molecule has 0 aliphatic carbocycles. The number of carbonyl (C=O) groups is 1. The lowest BCUT2D eigenvalue weighted by atomic mass is 10.4. The van der Waals surface area contributed by atoms with Gasteiger partial charge in [-0.2, -0.15) is 0 Å². The first-order chi connectivity index (χ1) is 7.22. The zero-order chi connectivity index (χ0) is 11.1. The topological polar surface area (TPSA) is 68.7 Å². The Labute approximate surface area is 87.7 Å². The highest BCUT2D eigenvalue weighted by atomic mass is 16.5. The van der Waals surface area contributed by atoms with E-state index in [-0.39, 0.29) is 6.61 Å². The summed E-state index contributed by atoms with van der Waals surface area (Å²) in [4.78, 5) is 14.2. The van der Waals surface area contributed by atoms with Crippen LogP contribution in [0, 0.1) is 0 Å². The molecule has 1 aromatic heterocycles. The average molecular weight is 211 g/mol. The molecule has 0 fully saturated rings. The molecule has 0 aliphatic rings. The lowest BCUT2D eigenvalue weighted by Crippen LogP contribution is -2.09. The van der Waals surface area contributed by atoms with E-state index >= 15 is 0 Å². The first kappa shape index (κ1) is 11.3. The summed E-state index contributed by atoms with van der Waals surface area (Å²) in [6, 6.07) is 3.27. The van der Waals surface area contributed by atoms with Crippen LogP contribution in [0.25, 0.3) is 0 Å². The van der Waals surface area contributed by atoms with E-state index in [4.69, 9.17) is 14.6 Å². The summed E-state index contributed by atoms with van der Waals surface area (Å²) in [7, 11) is 0. The van der Waals surface area contributed by atoms with Crippen molar-refractivity contribution in [3.8, 4) is 11.6 Å². The number of nitrogens with zero attached hydrogens (tertiary/aromatic N) is 1. The van der Waals surface area contributed by atoms with E-state index in [9.17, 15) is 4.79 Å². The summed E-state index contributed by atoms with van der Waals surface area (Å²) in [6.07, 6.45) is 2.35. The standard InChI is InChI=1S/C10H13NO4/c1-2-5-14-9-4-3-8(6-11-9)15-7-10(12)13/h3-4,6H,2,5,7H2,1H3,(H,12,13). The zero-order valence-corrected chi connectivity index (χ0v) is 8.47. The van der Waals surface area contributed by atoms with Crippen LogP contribution in [0.5, 0.6) is 11.6 Å². The Kier molecular flexibility index (Phi) is 4.40. The summed E-state index contributed by atoms with van der Waals surface area (Å²) < 4.78 is 10.2. The molecule has 1 aromatic rings. The van der Waals surface area contributed by atoms with Gasteiger partial charge in [-0.1, -0.05) is 6.92 Å². The lowest BCUT2D eigenvalue weighted by Gasteiger charge is -2.05. The quantitative estimate of drug-likeness (QED) is 0.768. The Hall–Kier alpha value is -1.78. The van der Waals surface area contributed by atoms with Crippen molar-refractivity contribution < 1.29 is 19.4 Å². The minimum Gasteiger partial charge on any atom is -0.480 e. The molecule has 0 atom stereocenters. The Balaban J connectivity index is 2.45. The number of aromatic nitrogens is 1. The van der Waals surface area contributed by atoms with Gasteiger partial charge < -0.3 is 14.6 Å². The smallest absolute Gasteiger partial charge is 0.341 e. The molecule has 15 heavy (non-hydrogen) atoms. The van der Waals surface area contributed by atoms with E-state index in [1.54, 1.807) is 12.1 Å². The first-order valence-electron chi connectivity index (χ1n) is 4.66. The fourth-order valence-electron chi connectivity index (χ4n) is 0.889. The minimum absolute atomic E-state index is 0.364. The number of hydrogen-bond donors (Lipinski definition) is 1. The van der Waals surface area contributed by atoms with E-state index in [2.05, 4.69) is 4.98 Å². The molecule has 0 radical (unpaired) electrons. The minimum atomic E-state index is -1.01. The third-order valence-electron chi connectivity index (χ3n) is 1.53. The molecule has 5 heteroatoms. The molecular weight excluding hydrogens is 198 g/mol. The van der Waals surface area contributed by atoms with Crippen molar-refractivity contribution in [1.29, 1.82) is 0 Å². The molecule has 0 aliphatic heterocycles. The molecular formula is C10H13NO4. The van der Waals surface area contributed by atoms with Crippen LogP contribution in [-0.2, 0) is 4.79 Å². The molecule has 1 rings (SSSR count). The fourth-order valence-corrected chi connectivity index (χ4v) is 0.889. The average Bonchev–Trinajstić information content (AvgIpc) is 2.25. The maximum absolute atomic E-state index is 10.2. The molecule has 1 N–H and O–H groups in total. The highest BCUT2D eigenvalue weighted by Crippen LogP contribution is 2.13. The molecule has 0 bridgehead atoms. The maximum Gasteiger partial charge on any atom is 0.341 e. The second-order valence-electron chi connectivity index (χ2n) is 2.86. The Morgan fingerprint density at radius 3 is 2.80 bits per heavy atom. The van der Waals surface area contributed by atoms with Gasteiger partial charge in [-0.3, -0.25) is 0 Å². The molecule has 0 aromatic carbocycles. The van der Waals surface area contributed by atoms with Gasteiger partial charge in [0.2, 0.25) is 5.88 Å². The van der Waals surface area contributed by atoms with Crippen molar-refractivity contribution in [2.24, 2.45) is 0 Å². The van der Waals surface area contributed by atoms with Crippen LogP contribution in [0.4, 0.5) is 0 Å². The highest BCUT2D eigenvalue weighted by molar-refractivity contribution is 5.68. The number of ether oxygens (including phenoxy) is 2. The number of aliphatic carboxylic acids is 1. The van der Waals surface area contributed by atoms with Crippen molar-refractivity contribution in [2.45, 2.75) is 13.3 Å². The molecule has 0 saturated heterocycles. The monoisotopic (exact) mass is 211 g/mol. The van der Waals surface area contributed by atoms with E-state index < -0.39 is 5.97 Å². The lowest BCUT2D eigenvalue weighted by molar-refractivity contribution is -0.139. The van der Waals surface area contributed by atoms with Crippen LogP contribution in [0.2, 0.25) is 0 Å². The summed E-state index contributed by atoms with van der Waals surface area (Å²) in [5.41, 5.74) is 0. The van der Waals surface area contributed by atoms with Crippen LogP contribution in [0.3, 0.4) is 0 Å². The van der Waals surface area contributed by atoms with Gasteiger partial charge in [0.05, 0.1) is 12.8 Å². The van der Waals surface area contributed by atoms with Crippen molar-refractivity contribution >= 4 is 5.97 Å². The van der Waals surface area contributed by atoms with Crippen molar-refractivity contribution in [3.05, 3.63) is 18.3 Å². The van der Waals surface area contributed by atoms with Crippen LogP contribution in [0.1, 0.15) is 13.3 Å². The van der Waals surface area contributed by atoms with Crippen molar-refractivity contribution in [3.63, 3.8) is 0 Å². The number of pyridine rings is 1. The first-order valence-corrected chi connectivity index (χ1v) is 4.66. The number of rotatable bonds is 6. The molecule has 1 heterocycles. The number of carboxylic acid groups (broad SMARTS) is 1. The third-order valence-corrected chi connectivity index (χ3v) is 1.53. The van der Waals surface area contributed by atoms with Gasteiger partial charge in [-0.25, -0.2) is 9.78 Å². The maximum atomic E-state index is 10.2. The largest absolute Gasteiger partial charge is 0.480 e. The van der Waals surface area contributed by atoms with Crippen LogP contribution in [0.15, 0.2) is 18.3 Å². The van der Waals surface area contributed by atoms with E-state index in [1.165, 1.54) is 6.20 Å². The summed E-state index contributed by atoms with van der Waals surface area (Å²) >= 11 is 0. The van der Waals surface area contributed by atoms with Crippen LogP contribution >= 0.6 is 0 Å². The van der Waals surface area contributed by atoms with Gasteiger partial charge in [0.25, 0.3) is 0 Å². The molecule has 82 valence electrons. The van der Waals surface area contributed by atoms with Crippen molar-refractivity contribution in [2.75, 3.05) is 13.2 Å². The van der Waals surface area contributed by atoms with Crippen molar-refractivity contribution in [1.82, 2.24) is 4.98 Å². The Morgan fingerprint density at radius 1 is 1.47 bits per heavy atom. The second-order valence-corrected chi connectivity index (χ2v) is 2.86. The normalized spacial score (nSPS) is 9.67. The summed E-state index contributed by atoms with van der Waals surface area (Å²) in [5.74, 6) is -0.0814. The van der Waals surface area contributed by atoms with Gasteiger partial charge in [-0.15, -0.1) is 0 Å². The van der Waals surface area contributed by atoms with Gasteiger partial charge in [0.1, 0.15) is 5.75 Å². The van der Waals surface area contributed by atoms with E-state index in [1.807, 2.05) is 6.92 Å². The van der Waals surface area contributed by atoms with E-state index in [0.717, 1.165) is 6.42 Å². The SMILES string of the molecule is CCCOc1ccc(OCC(=O)O)cn1. The number of carboxylic acids is 1. The Bertz CT molecular complexity index is 310. The summed E-state index contributed by atoms with van der Waals surface area (Å²) in [6.45, 7) is 2.25. The Morgan fingerprint density at radius 2 is 2.27 bits per heavy atom. The second kappa shape index (κ2) is 5.85. The summed E-state index contributed by atoms with van der Waals surface area (Å²) in [5, 5.41) is 8.38. The molecule has 0 spiro atoms. The molecule has 0 amide bonds. The number of hydrogen-bond acceptors (Lipinski definition) is 4. The molecule has 5 nitrogen and oxygen atoms in total. The molecule has 0 unspecified atom stereocenters. The van der Waals surface area contributed by atoms with Crippen LogP contribution < -0.4 is 9.47 Å². The van der Waals surface area contributed by atoms with Gasteiger partial charge >= 0.3 is 5.97 Å². The van der Waals surface area contributed by atoms with E-state index in [0.29, 0.717) is 18.2 Å². The van der Waals surface area contributed by atoms with Gasteiger partial charge in [0.15, 0.2) is 6.61 Å². The predicted octanol–water partition coefficient (Wildman–Crippen LogP) is 1.33. The molecule has 0 saturated carbocycles. The van der Waals surface area contributed by atoms with Crippen LogP contribution in [-0.4, -0.2) is 29.3 Å². The zero-order valence-electron chi connectivity index (χ0n) is 8.47.